The van der Waals surface area contributed by atoms with E-state index in [4.69, 9.17) is 0 Å². The van der Waals surface area contributed by atoms with Crippen molar-refractivity contribution in [3.63, 3.8) is 0 Å². The van der Waals surface area contributed by atoms with E-state index in [-0.39, 0.29) is 0 Å². The van der Waals surface area contributed by atoms with Crippen molar-refractivity contribution in [2.45, 2.75) is 0 Å². The minimum Gasteiger partial charge on any atom is -0.453 e. The van der Waals surface area contributed by atoms with Gasteiger partial charge < -0.3 is 9.64 Å². The SMILES string of the molecule is COC(=O)N1CCN(S(=O)(=O)N(C)C)CC1. The lowest BCUT2D eigenvalue weighted by Gasteiger charge is -2.34. The smallest absolute Gasteiger partial charge is 0.409 e. The van der Waals surface area contributed by atoms with Crippen LogP contribution >= 0.6 is 0 Å². The van der Waals surface area contributed by atoms with Crippen molar-refractivity contribution in [3.8, 4) is 0 Å². The number of ether oxygens (including phenoxy) is 1. The molecule has 0 aromatic heterocycles. The van der Waals surface area contributed by atoms with Gasteiger partial charge in [0.05, 0.1) is 7.11 Å². The number of hydrogen-bond acceptors (Lipinski definition) is 4. The van der Waals surface area contributed by atoms with Crippen LogP contribution in [0.25, 0.3) is 0 Å². The van der Waals surface area contributed by atoms with Crippen LogP contribution in [0, 0.1) is 0 Å². The first-order chi connectivity index (χ1) is 7.39. The van der Waals surface area contributed by atoms with E-state index in [0.29, 0.717) is 26.2 Å². The monoisotopic (exact) mass is 251 g/mol. The zero-order chi connectivity index (χ0) is 12.3. The van der Waals surface area contributed by atoms with Gasteiger partial charge >= 0.3 is 6.09 Å². The van der Waals surface area contributed by atoms with Crippen molar-refractivity contribution in [2.75, 3.05) is 47.4 Å². The van der Waals surface area contributed by atoms with Crippen LogP contribution in [0.5, 0.6) is 0 Å². The zero-order valence-electron chi connectivity index (χ0n) is 9.71. The molecule has 0 spiro atoms. The van der Waals surface area contributed by atoms with Crippen molar-refractivity contribution in [2.24, 2.45) is 0 Å². The van der Waals surface area contributed by atoms with Crippen molar-refractivity contribution in [3.05, 3.63) is 0 Å². The highest BCUT2D eigenvalue weighted by Gasteiger charge is 2.30. The maximum absolute atomic E-state index is 11.7. The minimum atomic E-state index is -3.37. The maximum atomic E-state index is 11.7. The summed E-state index contributed by atoms with van der Waals surface area (Å²) < 4.78 is 30.6. The molecular formula is C8H17N3O4S. The number of hydrogen-bond donors (Lipinski definition) is 0. The van der Waals surface area contributed by atoms with E-state index in [1.165, 1.54) is 34.7 Å². The molecule has 1 saturated heterocycles. The standard InChI is InChI=1S/C8H17N3O4S/c1-9(2)16(13,14)11-6-4-10(5-7-11)8(12)15-3/h4-7H2,1-3H3. The fraction of sp³-hybridized carbons (Fsp3) is 0.875. The van der Waals surface area contributed by atoms with Crippen LogP contribution in [-0.2, 0) is 14.9 Å². The maximum Gasteiger partial charge on any atom is 0.409 e. The van der Waals surface area contributed by atoms with Crippen LogP contribution in [-0.4, -0.2) is 75.4 Å². The van der Waals surface area contributed by atoms with Gasteiger partial charge in [0.25, 0.3) is 10.2 Å². The van der Waals surface area contributed by atoms with E-state index in [1.807, 2.05) is 0 Å². The lowest BCUT2D eigenvalue weighted by molar-refractivity contribution is 0.107. The van der Waals surface area contributed by atoms with E-state index in [2.05, 4.69) is 4.74 Å². The molecule has 1 heterocycles. The zero-order valence-corrected chi connectivity index (χ0v) is 10.5. The van der Waals surface area contributed by atoms with Crippen molar-refractivity contribution < 1.29 is 17.9 Å². The fourth-order valence-corrected chi connectivity index (χ4v) is 2.55. The number of rotatable bonds is 2. The van der Waals surface area contributed by atoms with Gasteiger partial charge in [0.2, 0.25) is 0 Å². The first-order valence-corrected chi connectivity index (χ1v) is 6.29. The van der Waals surface area contributed by atoms with Gasteiger partial charge in [0, 0.05) is 40.3 Å². The summed E-state index contributed by atoms with van der Waals surface area (Å²) in [7, 11) is 0.919. The normalized spacial score (nSPS) is 18.9. The summed E-state index contributed by atoms with van der Waals surface area (Å²) in [5, 5.41) is 0. The second kappa shape index (κ2) is 4.98. The van der Waals surface area contributed by atoms with E-state index in [0.717, 1.165) is 0 Å². The molecular weight excluding hydrogens is 234 g/mol. The molecule has 7 nitrogen and oxygen atoms in total. The average molecular weight is 251 g/mol. The molecule has 0 aliphatic carbocycles. The topological polar surface area (TPSA) is 70.2 Å². The molecule has 1 rings (SSSR count). The Kier molecular flexibility index (Phi) is 4.11. The predicted octanol–water partition coefficient (Wildman–Crippen LogP) is -0.823. The number of nitrogens with zero attached hydrogens (tertiary/aromatic N) is 3. The summed E-state index contributed by atoms with van der Waals surface area (Å²) in [6, 6.07) is 0. The highest BCUT2D eigenvalue weighted by atomic mass is 32.2. The van der Waals surface area contributed by atoms with Crippen LogP contribution < -0.4 is 0 Å². The predicted molar refractivity (Wildman–Crippen MR) is 58.2 cm³/mol. The number of amides is 1. The van der Waals surface area contributed by atoms with Gasteiger partial charge in [-0.25, -0.2) is 4.79 Å². The van der Waals surface area contributed by atoms with Gasteiger partial charge in [0.1, 0.15) is 0 Å². The molecule has 0 aromatic rings. The largest absolute Gasteiger partial charge is 0.453 e. The molecule has 0 unspecified atom stereocenters. The van der Waals surface area contributed by atoms with E-state index in [9.17, 15) is 13.2 Å². The van der Waals surface area contributed by atoms with Gasteiger partial charge in [-0.05, 0) is 0 Å². The lowest BCUT2D eigenvalue weighted by Crippen LogP contribution is -2.53. The van der Waals surface area contributed by atoms with Crippen LogP contribution in [0.3, 0.4) is 0 Å². The van der Waals surface area contributed by atoms with Gasteiger partial charge in [-0.15, -0.1) is 0 Å². The third kappa shape index (κ3) is 2.63. The average Bonchev–Trinajstić information content (AvgIpc) is 2.28. The van der Waals surface area contributed by atoms with Crippen LogP contribution in [0.1, 0.15) is 0 Å². The van der Waals surface area contributed by atoms with E-state index >= 15 is 0 Å². The molecule has 16 heavy (non-hydrogen) atoms. The Hall–Kier alpha value is -0.860. The highest BCUT2D eigenvalue weighted by Crippen LogP contribution is 2.09. The Morgan fingerprint density at radius 2 is 1.69 bits per heavy atom. The van der Waals surface area contributed by atoms with Crippen LogP contribution in [0.15, 0.2) is 0 Å². The quantitative estimate of drug-likeness (QED) is 0.643. The molecule has 1 aliphatic heterocycles. The van der Waals surface area contributed by atoms with Crippen LogP contribution in [0.4, 0.5) is 4.79 Å². The molecule has 0 bridgehead atoms. The van der Waals surface area contributed by atoms with Gasteiger partial charge in [0.15, 0.2) is 0 Å². The third-order valence-electron chi connectivity index (χ3n) is 2.46. The summed E-state index contributed by atoms with van der Waals surface area (Å²) in [4.78, 5) is 12.7. The molecule has 94 valence electrons. The summed E-state index contributed by atoms with van der Waals surface area (Å²) >= 11 is 0. The Morgan fingerprint density at radius 3 is 2.06 bits per heavy atom. The molecule has 8 heteroatoms. The first kappa shape index (κ1) is 13.2. The summed E-state index contributed by atoms with van der Waals surface area (Å²) in [6.45, 7) is 1.32. The van der Waals surface area contributed by atoms with E-state index < -0.39 is 16.3 Å². The van der Waals surface area contributed by atoms with Gasteiger partial charge in [-0.1, -0.05) is 0 Å². The lowest BCUT2D eigenvalue weighted by atomic mass is 10.4. The van der Waals surface area contributed by atoms with Crippen molar-refractivity contribution in [1.29, 1.82) is 0 Å². The number of carbonyl (C=O) groups excluding carboxylic acids is 1. The molecule has 1 fully saturated rings. The van der Waals surface area contributed by atoms with Gasteiger partial charge in [-0.2, -0.15) is 17.0 Å². The molecule has 0 atom stereocenters. The Labute approximate surface area is 95.7 Å². The number of piperazine rings is 1. The Balaban J connectivity index is 2.59. The Morgan fingerprint density at radius 1 is 1.19 bits per heavy atom. The number of methoxy groups -OCH3 is 1. The number of carbonyl (C=O) groups is 1. The molecule has 1 aliphatic rings. The first-order valence-electron chi connectivity index (χ1n) is 4.90. The van der Waals surface area contributed by atoms with Crippen molar-refractivity contribution >= 4 is 16.3 Å². The molecule has 0 saturated carbocycles. The molecule has 0 N–H and O–H groups in total. The molecule has 0 aromatic carbocycles. The highest BCUT2D eigenvalue weighted by molar-refractivity contribution is 7.86. The van der Waals surface area contributed by atoms with Crippen LogP contribution in [0.2, 0.25) is 0 Å². The summed E-state index contributed by atoms with van der Waals surface area (Å²) in [6.07, 6.45) is -0.415. The molecule has 1 amide bonds. The van der Waals surface area contributed by atoms with Crippen molar-refractivity contribution in [1.82, 2.24) is 13.5 Å². The fourth-order valence-electron chi connectivity index (χ4n) is 1.46. The Bertz CT molecular complexity index is 346. The van der Waals surface area contributed by atoms with E-state index in [1.54, 1.807) is 0 Å². The minimum absolute atomic E-state index is 0.301. The molecule has 0 radical (unpaired) electrons. The summed E-state index contributed by atoms with van der Waals surface area (Å²) in [5.74, 6) is 0. The second-order valence-corrected chi connectivity index (χ2v) is 5.79. The summed E-state index contributed by atoms with van der Waals surface area (Å²) in [5.41, 5.74) is 0. The second-order valence-electron chi connectivity index (χ2n) is 3.65. The van der Waals surface area contributed by atoms with Gasteiger partial charge in [-0.3, -0.25) is 0 Å². The third-order valence-corrected chi connectivity index (χ3v) is 4.40.